The van der Waals surface area contributed by atoms with Gasteiger partial charge in [0.2, 0.25) is 0 Å². The SMILES string of the molecule is CC(=O)O.CCCN1CCOC(OC2CCC34CC35CCC3(C)C(CCCCC(C)(C)O)C(O)CC3C5CCC4C2(C)C)C1. The fraction of sp³-hybridized carbons (Fsp3) is 0.973. The Morgan fingerprint density at radius 2 is 1.77 bits per heavy atom. The van der Waals surface area contributed by atoms with Gasteiger partial charge in [0, 0.05) is 20.0 Å². The Morgan fingerprint density at radius 1 is 1.05 bits per heavy atom. The summed E-state index contributed by atoms with van der Waals surface area (Å²) in [6.07, 6.45) is 15.8. The number of rotatable bonds is 9. The third kappa shape index (κ3) is 6.28. The van der Waals surface area contributed by atoms with E-state index in [1.54, 1.807) is 0 Å². The average Bonchev–Trinajstić information content (AvgIpc) is 3.52. The van der Waals surface area contributed by atoms with Crippen LogP contribution in [-0.4, -0.2) is 76.5 Å². The van der Waals surface area contributed by atoms with Crippen molar-refractivity contribution in [2.45, 2.75) is 156 Å². The van der Waals surface area contributed by atoms with E-state index in [2.05, 4.69) is 32.6 Å². The molecular formula is C37H65NO6. The van der Waals surface area contributed by atoms with Crippen molar-refractivity contribution < 1.29 is 29.6 Å². The van der Waals surface area contributed by atoms with Gasteiger partial charge in [-0.3, -0.25) is 9.69 Å². The highest BCUT2D eigenvalue weighted by Gasteiger charge is 2.80. The van der Waals surface area contributed by atoms with Gasteiger partial charge in [-0.05, 0) is 136 Å². The first kappa shape index (κ1) is 34.6. The van der Waals surface area contributed by atoms with Gasteiger partial charge >= 0.3 is 0 Å². The monoisotopic (exact) mass is 619 g/mol. The minimum atomic E-state index is -0.833. The molecule has 3 N–H and O–H groups in total. The zero-order valence-electron chi connectivity index (χ0n) is 29.1. The lowest BCUT2D eigenvalue weighted by Crippen LogP contribution is -2.56. The molecule has 10 unspecified atom stereocenters. The molecule has 1 aliphatic heterocycles. The molecular weight excluding hydrogens is 554 g/mol. The van der Waals surface area contributed by atoms with Crippen molar-refractivity contribution in [1.29, 1.82) is 0 Å². The maximum Gasteiger partial charge on any atom is 0.300 e. The van der Waals surface area contributed by atoms with E-state index in [0.29, 0.717) is 34.2 Å². The molecule has 1 saturated heterocycles. The van der Waals surface area contributed by atoms with Crippen LogP contribution < -0.4 is 0 Å². The van der Waals surface area contributed by atoms with Gasteiger partial charge in [-0.2, -0.15) is 0 Å². The Kier molecular flexibility index (Phi) is 9.99. The number of hydrogen-bond donors (Lipinski definition) is 3. The van der Waals surface area contributed by atoms with Crippen LogP contribution in [0.4, 0.5) is 0 Å². The Labute approximate surface area is 267 Å². The van der Waals surface area contributed by atoms with Crippen molar-refractivity contribution in [2.24, 2.45) is 45.3 Å². The highest BCUT2D eigenvalue weighted by Crippen LogP contribution is 2.87. The summed E-state index contributed by atoms with van der Waals surface area (Å²) in [5.41, 5.74) is 0.934. The molecule has 5 aliphatic carbocycles. The van der Waals surface area contributed by atoms with Crippen molar-refractivity contribution in [3.8, 4) is 0 Å². The molecule has 0 amide bonds. The molecule has 6 rings (SSSR count). The van der Waals surface area contributed by atoms with Crippen LogP contribution in [0.1, 0.15) is 132 Å². The van der Waals surface area contributed by atoms with Crippen LogP contribution in [0.5, 0.6) is 0 Å². The summed E-state index contributed by atoms with van der Waals surface area (Å²) in [4.78, 5) is 11.5. The third-order valence-corrected chi connectivity index (χ3v) is 14.0. The van der Waals surface area contributed by atoms with Gasteiger partial charge in [0.1, 0.15) is 0 Å². The number of fused-ring (bicyclic) bond motifs is 2. The number of ether oxygens (including phenoxy) is 2. The van der Waals surface area contributed by atoms with Crippen LogP contribution >= 0.6 is 0 Å². The van der Waals surface area contributed by atoms with Crippen LogP contribution in [-0.2, 0) is 14.3 Å². The predicted molar refractivity (Wildman–Crippen MR) is 173 cm³/mol. The van der Waals surface area contributed by atoms with Crippen molar-refractivity contribution in [2.75, 3.05) is 26.2 Å². The fourth-order valence-corrected chi connectivity index (χ4v) is 12.1. The first-order valence-electron chi connectivity index (χ1n) is 18.2. The maximum atomic E-state index is 11.4. The molecule has 1 heterocycles. The van der Waals surface area contributed by atoms with Crippen LogP contribution in [0.15, 0.2) is 0 Å². The highest BCUT2D eigenvalue weighted by atomic mass is 16.7. The number of carboxylic acid groups (broad SMARTS) is 1. The quantitative estimate of drug-likeness (QED) is 0.242. The van der Waals surface area contributed by atoms with Gasteiger partial charge in [0.25, 0.3) is 5.97 Å². The average molecular weight is 620 g/mol. The fourth-order valence-electron chi connectivity index (χ4n) is 12.1. The van der Waals surface area contributed by atoms with Crippen LogP contribution in [0.2, 0.25) is 0 Å². The normalized spacial score (nSPS) is 44.3. The van der Waals surface area contributed by atoms with E-state index in [-0.39, 0.29) is 17.8 Å². The third-order valence-electron chi connectivity index (χ3n) is 14.0. The van der Waals surface area contributed by atoms with Crippen molar-refractivity contribution in [1.82, 2.24) is 4.90 Å². The van der Waals surface area contributed by atoms with E-state index in [4.69, 9.17) is 19.4 Å². The lowest BCUT2D eigenvalue weighted by molar-refractivity contribution is -0.245. The topological polar surface area (TPSA) is 99.5 Å². The second-order valence-corrected chi connectivity index (χ2v) is 17.4. The summed E-state index contributed by atoms with van der Waals surface area (Å²) >= 11 is 0. The van der Waals surface area contributed by atoms with E-state index < -0.39 is 11.6 Å². The Hall–Kier alpha value is -0.730. The predicted octanol–water partition coefficient (Wildman–Crippen LogP) is 6.88. The number of aliphatic hydroxyl groups excluding tert-OH is 1. The minimum Gasteiger partial charge on any atom is -0.481 e. The van der Waals surface area contributed by atoms with Gasteiger partial charge < -0.3 is 24.8 Å². The van der Waals surface area contributed by atoms with E-state index in [1.807, 2.05) is 13.8 Å². The Balaban J connectivity index is 0.000000906. The maximum absolute atomic E-state index is 11.4. The molecule has 6 fully saturated rings. The molecule has 2 spiro atoms. The summed E-state index contributed by atoms with van der Waals surface area (Å²) < 4.78 is 13.0. The second kappa shape index (κ2) is 12.7. The molecule has 10 atom stereocenters. The molecule has 7 nitrogen and oxygen atoms in total. The van der Waals surface area contributed by atoms with Gasteiger partial charge in [0.05, 0.1) is 24.4 Å². The molecule has 0 bridgehead atoms. The number of hydrogen-bond acceptors (Lipinski definition) is 6. The van der Waals surface area contributed by atoms with Gasteiger partial charge in [-0.15, -0.1) is 0 Å². The van der Waals surface area contributed by atoms with E-state index in [0.717, 1.165) is 77.1 Å². The van der Waals surface area contributed by atoms with Crippen LogP contribution in [0.3, 0.4) is 0 Å². The standard InChI is InChI=1S/C35H61NO4.C2H4O2/c1-7-18-36-19-20-39-30(22-36)40-29-13-15-35-23-34(35)17-16-33(6)25(10-8-9-14-31(2,3)38)27(37)21-26(33)24(34)11-12-28(35)32(29,4)5;1-2(3)4/h24-30,37-38H,7-23H2,1-6H3;1H3,(H,3,4). The number of aliphatic hydroxyl groups is 2. The van der Waals surface area contributed by atoms with E-state index in [1.165, 1.54) is 51.4 Å². The van der Waals surface area contributed by atoms with E-state index >= 15 is 0 Å². The summed E-state index contributed by atoms with van der Waals surface area (Å²) in [5, 5.41) is 29.0. The van der Waals surface area contributed by atoms with Crippen molar-refractivity contribution >= 4 is 5.97 Å². The van der Waals surface area contributed by atoms with Crippen LogP contribution in [0, 0.1) is 45.3 Å². The molecule has 0 radical (unpaired) electrons. The molecule has 254 valence electrons. The number of carbonyl (C=O) groups is 1. The van der Waals surface area contributed by atoms with E-state index in [9.17, 15) is 10.2 Å². The second-order valence-electron chi connectivity index (χ2n) is 17.4. The first-order chi connectivity index (χ1) is 20.6. The lowest BCUT2D eigenvalue weighted by Gasteiger charge is -2.60. The molecule has 0 aromatic rings. The summed E-state index contributed by atoms with van der Waals surface area (Å²) in [6, 6.07) is 0. The molecule has 0 aromatic carbocycles. The zero-order chi connectivity index (χ0) is 32.1. The van der Waals surface area contributed by atoms with Crippen LogP contribution in [0.25, 0.3) is 0 Å². The summed E-state index contributed by atoms with van der Waals surface area (Å²) in [7, 11) is 0. The molecule has 6 aliphatic rings. The number of morpholine rings is 1. The number of aliphatic carboxylic acids is 1. The van der Waals surface area contributed by atoms with Gasteiger partial charge in [-0.25, -0.2) is 0 Å². The molecule has 44 heavy (non-hydrogen) atoms. The highest BCUT2D eigenvalue weighted by molar-refractivity contribution is 5.62. The minimum absolute atomic E-state index is 0.0705. The largest absolute Gasteiger partial charge is 0.481 e. The molecule has 0 aromatic heterocycles. The number of carboxylic acids is 1. The number of nitrogens with zero attached hydrogens (tertiary/aromatic N) is 1. The van der Waals surface area contributed by atoms with Crippen molar-refractivity contribution in [3.63, 3.8) is 0 Å². The Morgan fingerprint density at radius 3 is 2.45 bits per heavy atom. The molecule has 5 saturated carbocycles. The van der Waals surface area contributed by atoms with Gasteiger partial charge in [0.15, 0.2) is 6.29 Å². The number of unbranched alkanes of at least 4 members (excludes halogenated alkanes) is 1. The lowest BCUT2D eigenvalue weighted by atomic mass is 9.46. The summed E-state index contributed by atoms with van der Waals surface area (Å²) in [5.74, 6) is 1.84. The molecule has 7 heteroatoms. The smallest absolute Gasteiger partial charge is 0.300 e. The summed E-state index contributed by atoms with van der Waals surface area (Å²) in [6.45, 7) is 18.7. The first-order valence-corrected chi connectivity index (χ1v) is 18.2. The van der Waals surface area contributed by atoms with Crippen molar-refractivity contribution in [3.05, 3.63) is 0 Å². The van der Waals surface area contributed by atoms with Gasteiger partial charge in [-0.1, -0.05) is 40.5 Å². The zero-order valence-corrected chi connectivity index (χ0v) is 29.1. The Bertz CT molecular complexity index is 1000.